The van der Waals surface area contributed by atoms with Gasteiger partial charge >= 0.3 is 0 Å². The van der Waals surface area contributed by atoms with Crippen molar-refractivity contribution >= 4 is 16.7 Å². The van der Waals surface area contributed by atoms with Gasteiger partial charge in [-0.15, -0.1) is 0 Å². The lowest BCUT2D eigenvalue weighted by Gasteiger charge is -2.16. The van der Waals surface area contributed by atoms with Gasteiger partial charge in [0.2, 0.25) is 5.91 Å². The van der Waals surface area contributed by atoms with E-state index in [1.807, 2.05) is 31.2 Å². The number of carbonyl (C=O) groups is 1. The molecule has 0 aromatic heterocycles. The van der Waals surface area contributed by atoms with Crippen molar-refractivity contribution in [2.24, 2.45) is 0 Å². The largest absolute Gasteiger partial charge is 0.353 e. The predicted octanol–water partition coefficient (Wildman–Crippen LogP) is 3.08. The van der Waals surface area contributed by atoms with Crippen molar-refractivity contribution in [1.29, 1.82) is 0 Å². The summed E-state index contributed by atoms with van der Waals surface area (Å²) in [5.41, 5.74) is 2.20. The summed E-state index contributed by atoms with van der Waals surface area (Å²) >= 11 is 0. The highest BCUT2D eigenvalue weighted by Gasteiger charge is 2.16. The summed E-state index contributed by atoms with van der Waals surface area (Å²) in [6, 6.07) is 8.20. The SMILES string of the molecule is Cc1ccccc1C[S@](=O)CC(=O)NC1CCCCCC1. The van der Waals surface area contributed by atoms with Gasteiger partial charge in [-0.1, -0.05) is 49.9 Å². The molecule has 0 bridgehead atoms. The minimum absolute atomic E-state index is 0.0613. The molecule has 1 N–H and O–H groups in total. The van der Waals surface area contributed by atoms with Gasteiger partial charge in [0.15, 0.2) is 0 Å². The first kappa shape index (κ1) is 16.2. The van der Waals surface area contributed by atoms with Gasteiger partial charge < -0.3 is 5.32 Å². The Morgan fingerprint density at radius 1 is 1.19 bits per heavy atom. The van der Waals surface area contributed by atoms with Gasteiger partial charge in [0, 0.05) is 22.6 Å². The lowest BCUT2D eigenvalue weighted by atomic mass is 10.1. The van der Waals surface area contributed by atoms with Gasteiger partial charge in [-0.2, -0.15) is 0 Å². The minimum atomic E-state index is -1.13. The van der Waals surface area contributed by atoms with Crippen LogP contribution in [0.25, 0.3) is 0 Å². The van der Waals surface area contributed by atoms with Crippen molar-refractivity contribution in [1.82, 2.24) is 5.32 Å². The van der Waals surface area contributed by atoms with Crippen molar-refractivity contribution in [2.45, 2.75) is 57.2 Å². The van der Waals surface area contributed by atoms with E-state index in [2.05, 4.69) is 5.32 Å². The Bertz CT molecular complexity index is 493. The average molecular weight is 307 g/mol. The molecule has 0 spiro atoms. The molecule has 1 atom stereocenters. The van der Waals surface area contributed by atoms with Crippen LogP contribution in [-0.4, -0.2) is 21.9 Å². The highest BCUT2D eigenvalue weighted by Crippen LogP contribution is 2.17. The standard InChI is InChI=1S/C17H25NO2S/c1-14-8-6-7-9-15(14)12-21(20)13-17(19)18-16-10-4-2-3-5-11-16/h6-9,16H,2-5,10-13H2,1H3,(H,18,19)/t21-/m0/s1. The molecule has 3 nitrogen and oxygen atoms in total. The molecular weight excluding hydrogens is 282 g/mol. The summed E-state index contributed by atoms with van der Waals surface area (Å²) in [5, 5.41) is 3.06. The Balaban J connectivity index is 1.79. The van der Waals surface area contributed by atoms with Gasteiger partial charge in [-0.3, -0.25) is 9.00 Å². The van der Waals surface area contributed by atoms with E-state index in [0.717, 1.165) is 24.0 Å². The third-order valence-electron chi connectivity index (χ3n) is 4.09. The Labute approximate surface area is 130 Å². The topological polar surface area (TPSA) is 46.2 Å². The van der Waals surface area contributed by atoms with Gasteiger partial charge in [0.25, 0.3) is 0 Å². The summed E-state index contributed by atoms with van der Waals surface area (Å²) in [7, 11) is -1.13. The first-order chi connectivity index (χ1) is 10.1. The van der Waals surface area contributed by atoms with Crippen molar-refractivity contribution in [3.8, 4) is 0 Å². The molecule has 1 aromatic carbocycles. The van der Waals surface area contributed by atoms with Crippen LogP contribution in [0.2, 0.25) is 0 Å². The molecule has 1 aliphatic carbocycles. The van der Waals surface area contributed by atoms with E-state index in [0.29, 0.717) is 5.75 Å². The van der Waals surface area contributed by atoms with Crippen molar-refractivity contribution in [3.63, 3.8) is 0 Å². The Kier molecular flexibility index (Phi) is 6.43. The van der Waals surface area contributed by atoms with Gasteiger partial charge in [-0.25, -0.2) is 0 Å². The van der Waals surface area contributed by atoms with E-state index >= 15 is 0 Å². The van der Waals surface area contributed by atoms with Crippen LogP contribution in [-0.2, 0) is 21.3 Å². The highest BCUT2D eigenvalue weighted by molar-refractivity contribution is 7.84. The molecule has 116 valence electrons. The first-order valence-electron chi connectivity index (χ1n) is 7.84. The summed E-state index contributed by atoms with van der Waals surface area (Å²) in [5.74, 6) is 0.518. The molecule has 0 aliphatic heterocycles. The summed E-state index contributed by atoms with van der Waals surface area (Å²) in [6.07, 6.45) is 7.05. The van der Waals surface area contributed by atoms with Crippen molar-refractivity contribution < 1.29 is 9.00 Å². The number of hydrogen-bond acceptors (Lipinski definition) is 2. The molecule has 21 heavy (non-hydrogen) atoms. The molecule has 1 aliphatic rings. The van der Waals surface area contributed by atoms with Crippen LogP contribution in [0.3, 0.4) is 0 Å². The fraction of sp³-hybridized carbons (Fsp3) is 0.588. The number of aryl methyl sites for hydroxylation is 1. The van der Waals surface area contributed by atoms with Crippen LogP contribution in [0, 0.1) is 6.92 Å². The average Bonchev–Trinajstić information content (AvgIpc) is 2.69. The molecular formula is C17H25NO2S. The van der Waals surface area contributed by atoms with Crippen LogP contribution in [0.4, 0.5) is 0 Å². The summed E-state index contributed by atoms with van der Waals surface area (Å²) in [6.45, 7) is 2.01. The minimum Gasteiger partial charge on any atom is -0.353 e. The van der Waals surface area contributed by atoms with E-state index in [9.17, 15) is 9.00 Å². The van der Waals surface area contributed by atoms with Crippen LogP contribution in [0.15, 0.2) is 24.3 Å². The van der Waals surface area contributed by atoms with E-state index in [1.54, 1.807) is 0 Å². The molecule has 0 unspecified atom stereocenters. The summed E-state index contributed by atoms with van der Waals surface area (Å²) in [4.78, 5) is 12.0. The second kappa shape index (κ2) is 8.32. The quantitative estimate of drug-likeness (QED) is 0.850. The molecule has 2 rings (SSSR count). The number of nitrogens with one attached hydrogen (secondary N) is 1. The molecule has 1 fully saturated rings. The summed E-state index contributed by atoms with van der Waals surface area (Å²) < 4.78 is 12.1. The lowest BCUT2D eigenvalue weighted by molar-refractivity contribution is -0.119. The predicted molar refractivity (Wildman–Crippen MR) is 87.5 cm³/mol. The second-order valence-corrected chi connectivity index (χ2v) is 7.37. The van der Waals surface area contributed by atoms with Crippen LogP contribution < -0.4 is 5.32 Å². The zero-order chi connectivity index (χ0) is 15.1. The monoisotopic (exact) mass is 307 g/mol. The van der Waals surface area contributed by atoms with Crippen LogP contribution >= 0.6 is 0 Å². The maximum absolute atomic E-state index is 12.1. The smallest absolute Gasteiger partial charge is 0.232 e. The fourth-order valence-corrected chi connectivity index (χ4v) is 3.98. The van der Waals surface area contributed by atoms with Crippen LogP contribution in [0.1, 0.15) is 49.7 Å². The zero-order valence-electron chi connectivity index (χ0n) is 12.8. The van der Waals surface area contributed by atoms with E-state index < -0.39 is 10.8 Å². The van der Waals surface area contributed by atoms with Crippen LogP contribution in [0.5, 0.6) is 0 Å². The van der Waals surface area contributed by atoms with Crippen molar-refractivity contribution in [3.05, 3.63) is 35.4 Å². The molecule has 1 saturated carbocycles. The van der Waals surface area contributed by atoms with Gasteiger partial charge in [0.1, 0.15) is 5.75 Å². The lowest BCUT2D eigenvalue weighted by Crippen LogP contribution is -2.37. The maximum Gasteiger partial charge on any atom is 0.232 e. The normalized spacial score (nSPS) is 18.0. The first-order valence-corrected chi connectivity index (χ1v) is 9.33. The third-order valence-corrected chi connectivity index (χ3v) is 5.31. The van der Waals surface area contributed by atoms with E-state index in [1.165, 1.54) is 25.7 Å². The number of carbonyl (C=O) groups excluding carboxylic acids is 1. The Morgan fingerprint density at radius 2 is 1.86 bits per heavy atom. The highest BCUT2D eigenvalue weighted by atomic mass is 32.2. The zero-order valence-corrected chi connectivity index (χ0v) is 13.6. The molecule has 0 radical (unpaired) electrons. The van der Waals surface area contributed by atoms with Gasteiger partial charge in [0.05, 0.1) is 0 Å². The molecule has 0 heterocycles. The molecule has 1 aromatic rings. The van der Waals surface area contributed by atoms with Crippen molar-refractivity contribution in [2.75, 3.05) is 5.75 Å². The maximum atomic E-state index is 12.1. The van der Waals surface area contributed by atoms with Gasteiger partial charge in [-0.05, 0) is 30.9 Å². The molecule has 0 saturated heterocycles. The Hall–Kier alpha value is -1.16. The van der Waals surface area contributed by atoms with E-state index in [4.69, 9.17) is 0 Å². The second-order valence-electron chi connectivity index (χ2n) is 5.91. The molecule has 1 amide bonds. The number of amides is 1. The Morgan fingerprint density at radius 3 is 2.52 bits per heavy atom. The number of rotatable bonds is 5. The molecule has 4 heteroatoms. The third kappa shape index (κ3) is 5.62. The number of hydrogen-bond donors (Lipinski definition) is 1. The van der Waals surface area contributed by atoms with E-state index in [-0.39, 0.29) is 17.7 Å². The fourth-order valence-electron chi connectivity index (χ4n) is 2.84. The number of benzene rings is 1.